The molecule has 19 heavy (non-hydrogen) atoms. The number of hydrogen-bond acceptors (Lipinski definition) is 3. The van der Waals surface area contributed by atoms with E-state index in [1.165, 1.54) is 4.90 Å². The monoisotopic (exact) mass is 262 g/mol. The normalized spacial score (nSPS) is 18.5. The van der Waals surface area contributed by atoms with Crippen LogP contribution < -0.4 is 5.32 Å². The van der Waals surface area contributed by atoms with Crippen molar-refractivity contribution in [2.45, 2.75) is 26.4 Å². The van der Waals surface area contributed by atoms with Gasteiger partial charge in [0.2, 0.25) is 0 Å². The molecule has 102 valence electrons. The second-order valence-corrected chi connectivity index (χ2v) is 4.90. The molecule has 0 bridgehead atoms. The third-order valence-corrected chi connectivity index (χ3v) is 3.50. The molecule has 1 aliphatic heterocycles. The minimum Gasteiger partial charge on any atom is -0.391 e. The molecule has 1 fully saturated rings. The number of aliphatic hydroxyl groups excluding tert-OH is 1. The molecule has 5 heteroatoms. The summed E-state index contributed by atoms with van der Waals surface area (Å²) in [6, 6.07) is 5.55. The lowest BCUT2D eigenvalue weighted by atomic mass is 10.1. The summed E-state index contributed by atoms with van der Waals surface area (Å²) in [5.41, 5.74) is 2.66. The van der Waals surface area contributed by atoms with Gasteiger partial charge in [-0.15, -0.1) is 0 Å². The lowest BCUT2D eigenvalue weighted by molar-refractivity contribution is -0.142. The summed E-state index contributed by atoms with van der Waals surface area (Å²) in [5, 5.41) is 12.0. The number of carbonyl (C=O) groups is 2. The second kappa shape index (κ2) is 5.40. The fraction of sp³-hybridized carbons (Fsp3) is 0.429. The summed E-state index contributed by atoms with van der Waals surface area (Å²) in [5.74, 6) is -1.24. The zero-order valence-electron chi connectivity index (χ0n) is 11.1. The first-order chi connectivity index (χ1) is 8.99. The van der Waals surface area contributed by atoms with Crippen LogP contribution >= 0.6 is 0 Å². The van der Waals surface area contributed by atoms with Crippen molar-refractivity contribution in [3.05, 3.63) is 29.3 Å². The number of anilines is 1. The first-order valence-electron chi connectivity index (χ1n) is 6.33. The van der Waals surface area contributed by atoms with Gasteiger partial charge >= 0.3 is 11.8 Å². The Morgan fingerprint density at radius 2 is 2.11 bits per heavy atom. The van der Waals surface area contributed by atoms with Crippen LogP contribution in [0.4, 0.5) is 5.69 Å². The number of amides is 2. The van der Waals surface area contributed by atoms with Crippen LogP contribution in [0.3, 0.4) is 0 Å². The van der Waals surface area contributed by atoms with E-state index in [2.05, 4.69) is 5.32 Å². The highest BCUT2D eigenvalue weighted by atomic mass is 16.3. The Bertz CT molecular complexity index is 513. The maximum atomic E-state index is 11.9. The van der Waals surface area contributed by atoms with E-state index >= 15 is 0 Å². The van der Waals surface area contributed by atoms with Crippen molar-refractivity contribution in [2.75, 3.05) is 18.4 Å². The molecule has 0 spiro atoms. The van der Waals surface area contributed by atoms with Crippen LogP contribution in [0.2, 0.25) is 0 Å². The largest absolute Gasteiger partial charge is 0.391 e. The van der Waals surface area contributed by atoms with E-state index in [1.807, 2.05) is 26.0 Å². The summed E-state index contributed by atoms with van der Waals surface area (Å²) < 4.78 is 0. The number of aryl methyl sites for hydroxylation is 1. The number of likely N-dealkylation sites (tertiary alicyclic amines) is 1. The number of carbonyl (C=O) groups excluding carboxylic acids is 2. The van der Waals surface area contributed by atoms with Crippen LogP contribution in [0.15, 0.2) is 18.2 Å². The molecule has 0 aromatic heterocycles. The van der Waals surface area contributed by atoms with Gasteiger partial charge in [0.05, 0.1) is 6.10 Å². The predicted molar refractivity (Wildman–Crippen MR) is 71.7 cm³/mol. The fourth-order valence-electron chi connectivity index (χ4n) is 2.13. The predicted octanol–water partition coefficient (Wildman–Crippen LogP) is 0.835. The van der Waals surface area contributed by atoms with Gasteiger partial charge in [0.1, 0.15) is 0 Å². The number of nitrogens with one attached hydrogen (secondary N) is 1. The van der Waals surface area contributed by atoms with E-state index in [0.717, 1.165) is 11.1 Å². The van der Waals surface area contributed by atoms with Crippen LogP contribution in [0, 0.1) is 13.8 Å². The van der Waals surface area contributed by atoms with Gasteiger partial charge in [0.25, 0.3) is 0 Å². The van der Waals surface area contributed by atoms with E-state index in [4.69, 9.17) is 0 Å². The van der Waals surface area contributed by atoms with Gasteiger partial charge in [-0.05, 0) is 37.5 Å². The Hall–Kier alpha value is -1.88. The Balaban J connectivity index is 2.05. The van der Waals surface area contributed by atoms with Gasteiger partial charge in [-0.3, -0.25) is 9.59 Å². The molecule has 2 N–H and O–H groups in total. The maximum Gasteiger partial charge on any atom is 0.313 e. The zero-order chi connectivity index (χ0) is 14.0. The molecule has 1 aromatic carbocycles. The van der Waals surface area contributed by atoms with Crippen LogP contribution in [0.5, 0.6) is 0 Å². The van der Waals surface area contributed by atoms with Crippen molar-refractivity contribution in [3.63, 3.8) is 0 Å². The average Bonchev–Trinajstić information content (AvgIpc) is 2.80. The minimum absolute atomic E-state index is 0.235. The van der Waals surface area contributed by atoms with Crippen LogP contribution in [-0.4, -0.2) is 41.0 Å². The number of aliphatic hydroxyl groups is 1. The topological polar surface area (TPSA) is 69.6 Å². The van der Waals surface area contributed by atoms with E-state index in [0.29, 0.717) is 18.7 Å². The molecule has 0 saturated carbocycles. The van der Waals surface area contributed by atoms with Crippen molar-refractivity contribution < 1.29 is 14.7 Å². The smallest absolute Gasteiger partial charge is 0.313 e. The SMILES string of the molecule is Cc1cccc(NC(=O)C(=O)N2CC[C@@H](O)C2)c1C. The highest BCUT2D eigenvalue weighted by Crippen LogP contribution is 2.18. The molecule has 0 unspecified atom stereocenters. The van der Waals surface area contributed by atoms with Gasteiger partial charge in [-0.1, -0.05) is 12.1 Å². The van der Waals surface area contributed by atoms with Crippen molar-refractivity contribution in [3.8, 4) is 0 Å². The van der Waals surface area contributed by atoms with E-state index in [9.17, 15) is 14.7 Å². The Kier molecular flexibility index (Phi) is 3.85. The third kappa shape index (κ3) is 2.93. The fourth-order valence-corrected chi connectivity index (χ4v) is 2.13. The third-order valence-electron chi connectivity index (χ3n) is 3.50. The van der Waals surface area contributed by atoms with Crippen molar-refractivity contribution >= 4 is 17.5 Å². The summed E-state index contributed by atoms with van der Waals surface area (Å²) in [7, 11) is 0. The second-order valence-electron chi connectivity index (χ2n) is 4.90. The molecular formula is C14H18N2O3. The Morgan fingerprint density at radius 1 is 1.37 bits per heavy atom. The summed E-state index contributed by atoms with van der Waals surface area (Å²) in [4.78, 5) is 25.2. The maximum absolute atomic E-state index is 11.9. The number of benzene rings is 1. The molecule has 1 aromatic rings. The summed E-state index contributed by atoms with van der Waals surface area (Å²) in [6.45, 7) is 4.51. The quantitative estimate of drug-likeness (QED) is 0.737. The number of β-amino-alcohol motifs (C(OH)–C–C–N with tert-alkyl or cyclic N) is 1. The first-order valence-corrected chi connectivity index (χ1v) is 6.33. The van der Waals surface area contributed by atoms with Gasteiger partial charge < -0.3 is 15.3 Å². The van der Waals surface area contributed by atoms with Gasteiger partial charge in [0.15, 0.2) is 0 Å². The van der Waals surface area contributed by atoms with Crippen molar-refractivity contribution in [1.29, 1.82) is 0 Å². The van der Waals surface area contributed by atoms with E-state index in [1.54, 1.807) is 6.07 Å². The highest BCUT2D eigenvalue weighted by molar-refractivity contribution is 6.39. The molecular weight excluding hydrogens is 244 g/mol. The zero-order valence-corrected chi connectivity index (χ0v) is 11.1. The highest BCUT2D eigenvalue weighted by Gasteiger charge is 2.29. The van der Waals surface area contributed by atoms with Gasteiger partial charge in [0, 0.05) is 18.8 Å². The van der Waals surface area contributed by atoms with E-state index in [-0.39, 0.29) is 6.54 Å². The van der Waals surface area contributed by atoms with Gasteiger partial charge in [-0.25, -0.2) is 0 Å². The van der Waals surface area contributed by atoms with Crippen LogP contribution in [-0.2, 0) is 9.59 Å². The van der Waals surface area contributed by atoms with Crippen molar-refractivity contribution in [1.82, 2.24) is 4.90 Å². The average molecular weight is 262 g/mol. The Morgan fingerprint density at radius 3 is 2.74 bits per heavy atom. The molecule has 1 saturated heterocycles. The molecule has 5 nitrogen and oxygen atoms in total. The van der Waals surface area contributed by atoms with Crippen molar-refractivity contribution in [2.24, 2.45) is 0 Å². The molecule has 1 atom stereocenters. The summed E-state index contributed by atoms with van der Waals surface area (Å²) in [6.07, 6.45) is 0.0140. The number of rotatable bonds is 1. The number of hydrogen-bond donors (Lipinski definition) is 2. The molecule has 0 radical (unpaired) electrons. The molecule has 1 aliphatic rings. The lowest BCUT2D eigenvalue weighted by Crippen LogP contribution is -2.38. The standard InChI is InChI=1S/C14H18N2O3/c1-9-4-3-5-12(10(9)2)15-13(18)14(19)16-7-6-11(17)8-16/h3-5,11,17H,6-8H2,1-2H3,(H,15,18)/t11-/m1/s1. The number of nitrogens with zero attached hydrogens (tertiary/aromatic N) is 1. The van der Waals surface area contributed by atoms with E-state index < -0.39 is 17.9 Å². The molecule has 2 amide bonds. The minimum atomic E-state index is -0.650. The lowest BCUT2D eigenvalue weighted by Gasteiger charge is -2.16. The Labute approximate surface area is 112 Å². The van der Waals surface area contributed by atoms with Gasteiger partial charge in [-0.2, -0.15) is 0 Å². The molecule has 2 rings (SSSR count). The molecule has 0 aliphatic carbocycles. The first kappa shape index (κ1) is 13.5. The van der Waals surface area contributed by atoms with Crippen LogP contribution in [0.25, 0.3) is 0 Å². The summed E-state index contributed by atoms with van der Waals surface area (Å²) >= 11 is 0. The molecule has 1 heterocycles. The van der Waals surface area contributed by atoms with Crippen LogP contribution in [0.1, 0.15) is 17.5 Å².